The second-order valence-electron chi connectivity index (χ2n) is 5.87. The van der Waals surface area contributed by atoms with Crippen molar-refractivity contribution in [3.8, 4) is 0 Å². The lowest BCUT2D eigenvalue weighted by Crippen LogP contribution is -2.31. The van der Waals surface area contributed by atoms with Crippen molar-refractivity contribution in [3.05, 3.63) is 35.4 Å². The number of rotatable bonds is 1. The maximum atomic E-state index is 9.95. The first kappa shape index (κ1) is 11.9. The Morgan fingerprint density at radius 1 is 1.11 bits per heavy atom. The topological polar surface area (TPSA) is 32.6 Å². The summed E-state index contributed by atoms with van der Waals surface area (Å²) in [4.78, 5) is 4.54. The van der Waals surface area contributed by atoms with Gasteiger partial charge in [0.2, 0.25) is 0 Å². The zero-order chi connectivity index (χ0) is 12.6. The summed E-state index contributed by atoms with van der Waals surface area (Å²) >= 11 is 0. The lowest BCUT2D eigenvalue weighted by Gasteiger charge is -2.35. The molecule has 1 unspecified atom stereocenters. The molecule has 3 rings (SSSR count). The number of benzene rings is 1. The molecule has 1 N–H and O–H groups in total. The summed E-state index contributed by atoms with van der Waals surface area (Å²) in [7, 11) is 0. The molecule has 1 atom stereocenters. The summed E-state index contributed by atoms with van der Waals surface area (Å²) in [6, 6.07) is 8.59. The molecule has 2 nitrogen and oxygen atoms in total. The van der Waals surface area contributed by atoms with Gasteiger partial charge in [-0.25, -0.2) is 0 Å². The first-order valence-electron chi connectivity index (χ1n) is 7.03. The Balaban J connectivity index is 1.97. The minimum atomic E-state index is -0.487. The molecule has 1 saturated carbocycles. The number of nitrogens with zero attached hydrogens (tertiary/aromatic N) is 1. The quantitative estimate of drug-likeness (QED) is 0.805. The van der Waals surface area contributed by atoms with E-state index in [0.717, 1.165) is 12.1 Å². The summed E-state index contributed by atoms with van der Waals surface area (Å²) in [5.74, 6) is 0. The van der Waals surface area contributed by atoms with Crippen LogP contribution in [0.2, 0.25) is 0 Å². The molecule has 1 spiro atoms. The van der Waals surface area contributed by atoms with Crippen LogP contribution in [0.25, 0.3) is 0 Å². The molecule has 0 radical (unpaired) electrons. The maximum Gasteiger partial charge on any atom is 0.146 e. The first-order valence-corrected chi connectivity index (χ1v) is 7.03. The fraction of sp³-hybridized carbons (Fsp3) is 0.562. The van der Waals surface area contributed by atoms with Crippen LogP contribution >= 0.6 is 0 Å². The molecule has 1 aliphatic carbocycles. The van der Waals surface area contributed by atoms with E-state index >= 15 is 0 Å². The Bertz CT molecular complexity index is 454. The number of hydrogen-bond acceptors (Lipinski definition) is 2. The lowest BCUT2D eigenvalue weighted by atomic mass is 9.68. The Morgan fingerprint density at radius 2 is 1.78 bits per heavy atom. The van der Waals surface area contributed by atoms with Crippen molar-refractivity contribution >= 4 is 5.71 Å². The van der Waals surface area contributed by atoms with Crippen molar-refractivity contribution in [3.63, 3.8) is 0 Å². The summed E-state index contributed by atoms with van der Waals surface area (Å²) in [5, 5.41) is 9.95. The molecule has 0 saturated heterocycles. The van der Waals surface area contributed by atoms with Crippen LogP contribution in [0.1, 0.15) is 49.7 Å². The molecule has 1 fully saturated rings. The van der Waals surface area contributed by atoms with Crippen molar-refractivity contribution in [2.45, 2.75) is 51.7 Å². The van der Waals surface area contributed by atoms with Crippen LogP contribution in [0, 0.1) is 12.3 Å². The fourth-order valence-electron chi connectivity index (χ4n) is 3.54. The maximum absolute atomic E-state index is 9.95. The zero-order valence-electron chi connectivity index (χ0n) is 11.0. The molecule has 2 aliphatic rings. The van der Waals surface area contributed by atoms with E-state index in [9.17, 15) is 5.11 Å². The van der Waals surface area contributed by atoms with Gasteiger partial charge in [0, 0.05) is 11.8 Å². The summed E-state index contributed by atoms with van der Waals surface area (Å²) in [5.41, 5.74) is 3.80. The Kier molecular flexibility index (Phi) is 2.98. The molecule has 96 valence electrons. The number of aliphatic hydroxyl groups excluding tert-OH is 1. The van der Waals surface area contributed by atoms with E-state index in [1.807, 2.05) is 0 Å². The molecular weight excluding hydrogens is 222 g/mol. The predicted octanol–water partition coefficient (Wildman–Crippen LogP) is 3.46. The number of hydrogen-bond donors (Lipinski definition) is 1. The Morgan fingerprint density at radius 3 is 2.44 bits per heavy atom. The van der Waals surface area contributed by atoms with Gasteiger partial charge in [-0.15, -0.1) is 0 Å². The average molecular weight is 243 g/mol. The van der Waals surface area contributed by atoms with E-state index in [-0.39, 0.29) is 5.41 Å². The van der Waals surface area contributed by atoms with E-state index < -0.39 is 6.23 Å². The van der Waals surface area contributed by atoms with E-state index in [2.05, 4.69) is 36.2 Å². The molecule has 0 aromatic heterocycles. The van der Waals surface area contributed by atoms with Gasteiger partial charge in [-0.3, -0.25) is 4.99 Å². The van der Waals surface area contributed by atoms with Crippen molar-refractivity contribution < 1.29 is 5.11 Å². The standard InChI is InChI=1S/C16H21NO/c1-12-5-7-13(8-6-12)15-16(11-14(18)17-15)9-3-2-4-10-16/h5-8,14,18H,2-4,9-11H2,1H3. The second-order valence-corrected chi connectivity index (χ2v) is 5.87. The van der Waals surface area contributed by atoms with E-state index in [0.29, 0.717) is 0 Å². The minimum absolute atomic E-state index is 0.160. The van der Waals surface area contributed by atoms with E-state index in [1.54, 1.807) is 0 Å². The summed E-state index contributed by atoms with van der Waals surface area (Å²) < 4.78 is 0. The first-order chi connectivity index (χ1) is 8.70. The molecular formula is C16H21NO. The Labute approximate surface area is 109 Å². The van der Waals surface area contributed by atoms with Crippen LogP contribution in [0.5, 0.6) is 0 Å². The second kappa shape index (κ2) is 4.51. The van der Waals surface area contributed by atoms with Crippen molar-refractivity contribution in [2.24, 2.45) is 10.4 Å². The highest BCUT2D eigenvalue weighted by Gasteiger charge is 2.43. The average Bonchev–Trinajstić information content (AvgIpc) is 2.68. The minimum Gasteiger partial charge on any atom is -0.372 e. The van der Waals surface area contributed by atoms with E-state index in [4.69, 9.17) is 0 Å². The van der Waals surface area contributed by atoms with Gasteiger partial charge in [0.25, 0.3) is 0 Å². The normalized spacial score (nSPS) is 26.3. The van der Waals surface area contributed by atoms with Gasteiger partial charge < -0.3 is 5.11 Å². The molecule has 0 amide bonds. The molecule has 1 heterocycles. The highest BCUT2D eigenvalue weighted by atomic mass is 16.3. The van der Waals surface area contributed by atoms with E-state index in [1.165, 1.54) is 43.2 Å². The lowest BCUT2D eigenvalue weighted by molar-refractivity contribution is 0.137. The van der Waals surface area contributed by atoms with Gasteiger partial charge in [-0.1, -0.05) is 49.1 Å². The molecule has 0 bridgehead atoms. The predicted molar refractivity (Wildman–Crippen MR) is 73.9 cm³/mol. The molecule has 1 aromatic carbocycles. The number of aryl methyl sites for hydroxylation is 1. The number of aliphatic imine (C=N–C) groups is 1. The molecule has 1 aromatic rings. The molecule has 2 heteroatoms. The van der Waals surface area contributed by atoms with Gasteiger partial charge in [-0.05, 0) is 25.3 Å². The van der Waals surface area contributed by atoms with Gasteiger partial charge >= 0.3 is 0 Å². The Hall–Kier alpha value is -1.15. The highest BCUT2D eigenvalue weighted by Crippen LogP contribution is 2.46. The van der Waals surface area contributed by atoms with Crippen LogP contribution in [-0.2, 0) is 0 Å². The molecule has 18 heavy (non-hydrogen) atoms. The van der Waals surface area contributed by atoms with Crippen LogP contribution in [-0.4, -0.2) is 17.0 Å². The van der Waals surface area contributed by atoms with Gasteiger partial charge in [0.05, 0.1) is 5.71 Å². The molecule has 1 aliphatic heterocycles. The fourth-order valence-corrected chi connectivity index (χ4v) is 3.54. The SMILES string of the molecule is Cc1ccc(C2=NC(O)CC23CCCCC3)cc1. The van der Waals surface area contributed by atoms with Crippen LogP contribution in [0.3, 0.4) is 0 Å². The third-order valence-corrected chi connectivity index (χ3v) is 4.49. The van der Waals surface area contributed by atoms with Crippen LogP contribution in [0.4, 0.5) is 0 Å². The van der Waals surface area contributed by atoms with Crippen molar-refractivity contribution in [1.82, 2.24) is 0 Å². The van der Waals surface area contributed by atoms with Crippen LogP contribution < -0.4 is 0 Å². The van der Waals surface area contributed by atoms with Crippen molar-refractivity contribution in [2.75, 3.05) is 0 Å². The third-order valence-electron chi connectivity index (χ3n) is 4.49. The zero-order valence-corrected chi connectivity index (χ0v) is 11.0. The van der Waals surface area contributed by atoms with Gasteiger partial charge in [-0.2, -0.15) is 0 Å². The van der Waals surface area contributed by atoms with Gasteiger partial charge in [0.15, 0.2) is 0 Å². The smallest absolute Gasteiger partial charge is 0.146 e. The third kappa shape index (κ3) is 1.99. The summed E-state index contributed by atoms with van der Waals surface area (Å²) in [6.45, 7) is 2.10. The van der Waals surface area contributed by atoms with Gasteiger partial charge in [0.1, 0.15) is 6.23 Å². The highest BCUT2D eigenvalue weighted by molar-refractivity contribution is 6.06. The summed E-state index contributed by atoms with van der Waals surface area (Å²) in [6.07, 6.45) is 6.61. The largest absolute Gasteiger partial charge is 0.372 e. The van der Waals surface area contributed by atoms with Crippen LogP contribution in [0.15, 0.2) is 29.3 Å². The van der Waals surface area contributed by atoms with Crippen molar-refractivity contribution in [1.29, 1.82) is 0 Å². The number of aliphatic hydroxyl groups is 1. The monoisotopic (exact) mass is 243 g/mol.